The van der Waals surface area contributed by atoms with E-state index in [-0.39, 0.29) is 30.5 Å². The van der Waals surface area contributed by atoms with Crippen LogP contribution in [0.4, 0.5) is 0 Å². The van der Waals surface area contributed by atoms with E-state index >= 15 is 0 Å². The molecule has 2 aromatic rings. The van der Waals surface area contributed by atoms with E-state index in [4.69, 9.17) is 4.52 Å². The van der Waals surface area contributed by atoms with Gasteiger partial charge in [-0.15, -0.1) is 0 Å². The van der Waals surface area contributed by atoms with Crippen molar-refractivity contribution < 1.29 is 17.7 Å². The predicted octanol–water partition coefficient (Wildman–Crippen LogP) is 1.04. The zero-order valence-electron chi connectivity index (χ0n) is 13.0. The highest BCUT2D eigenvalue weighted by Gasteiger charge is 2.25. The maximum atomic E-state index is 12.2. The van der Waals surface area contributed by atoms with Crippen LogP contribution in [0, 0.1) is 5.92 Å². The molecule has 3 heterocycles. The Hall–Kier alpha value is -2.55. The lowest BCUT2D eigenvalue weighted by Crippen LogP contribution is -2.28. The van der Waals surface area contributed by atoms with Gasteiger partial charge in [-0.25, -0.2) is 8.42 Å². The van der Waals surface area contributed by atoms with Crippen molar-refractivity contribution in [2.75, 3.05) is 12.8 Å². The first-order valence-electron chi connectivity index (χ1n) is 7.32. The van der Waals surface area contributed by atoms with Crippen molar-refractivity contribution in [3.05, 3.63) is 41.8 Å². The lowest BCUT2D eigenvalue weighted by atomic mass is 10.1. The van der Waals surface area contributed by atoms with E-state index in [9.17, 15) is 13.2 Å². The Morgan fingerprint density at radius 3 is 2.92 bits per heavy atom. The first kappa shape index (κ1) is 16.3. The lowest BCUT2D eigenvalue weighted by molar-refractivity contribution is -0.131. The average Bonchev–Trinajstić information content (AvgIpc) is 3.14. The van der Waals surface area contributed by atoms with Crippen molar-refractivity contribution in [2.45, 2.75) is 13.0 Å². The molecule has 0 fully saturated rings. The summed E-state index contributed by atoms with van der Waals surface area (Å²) in [6.07, 6.45) is 3.32. The molecule has 24 heavy (non-hydrogen) atoms. The zero-order chi connectivity index (χ0) is 17.2. The van der Waals surface area contributed by atoms with Crippen molar-refractivity contribution in [1.29, 1.82) is 0 Å². The number of hydrogen-bond donors (Lipinski definition) is 0. The molecular weight excluding hydrogens is 332 g/mol. The molecule has 9 heteroatoms. The van der Waals surface area contributed by atoms with E-state index in [1.54, 1.807) is 31.5 Å². The van der Waals surface area contributed by atoms with Gasteiger partial charge in [-0.05, 0) is 12.1 Å². The van der Waals surface area contributed by atoms with Crippen molar-refractivity contribution in [2.24, 2.45) is 5.92 Å². The fourth-order valence-corrected chi connectivity index (χ4v) is 3.76. The third-order valence-corrected chi connectivity index (χ3v) is 5.07. The minimum atomic E-state index is -3.15. The molecule has 0 spiro atoms. The Balaban J connectivity index is 1.59. The number of amides is 1. The summed E-state index contributed by atoms with van der Waals surface area (Å²) in [5.74, 6) is 0.171. The number of aromatic nitrogens is 3. The molecule has 1 amide bonds. The summed E-state index contributed by atoms with van der Waals surface area (Å²) in [6.45, 7) is 0.155. The van der Waals surface area contributed by atoms with Gasteiger partial charge < -0.3 is 9.42 Å². The van der Waals surface area contributed by atoms with Gasteiger partial charge in [0, 0.05) is 31.0 Å². The molecule has 0 aromatic carbocycles. The molecule has 0 saturated carbocycles. The number of hydrogen-bond acceptors (Lipinski definition) is 7. The van der Waals surface area contributed by atoms with Crippen molar-refractivity contribution in [3.63, 3.8) is 0 Å². The molecule has 1 aliphatic heterocycles. The second-order valence-corrected chi connectivity index (χ2v) is 7.53. The number of carbonyl (C=O) groups excluding carboxylic acids is 1. The van der Waals surface area contributed by atoms with Crippen LogP contribution in [0.15, 0.2) is 40.4 Å². The third-order valence-electron chi connectivity index (χ3n) is 3.60. The Kier molecular flexibility index (Phi) is 4.43. The van der Waals surface area contributed by atoms with Crippen molar-refractivity contribution in [3.8, 4) is 11.5 Å². The highest BCUT2D eigenvalue weighted by Crippen LogP contribution is 2.19. The summed E-state index contributed by atoms with van der Waals surface area (Å²) in [4.78, 5) is 22.0. The van der Waals surface area contributed by atoms with Gasteiger partial charge in [-0.2, -0.15) is 4.98 Å². The second kappa shape index (κ2) is 6.52. The quantitative estimate of drug-likeness (QED) is 0.794. The Bertz CT molecular complexity index is 861. The maximum absolute atomic E-state index is 12.2. The molecule has 2 aromatic heterocycles. The van der Waals surface area contributed by atoms with Gasteiger partial charge in [-0.1, -0.05) is 17.3 Å². The summed E-state index contributed by atoms with van der Waals surface area (Å²) in [7, 11) is -1.54. The average molecular weight is 348 g/mol. The monoisotopic (exact) mass is 348 g/mol. The van der Waals surface area contributed by atoms with Gasteiger partial charge >= 0.3 is 0 Å². The van der Waals surface area contributed by atoms with Crippen molar-refractivity contribution in [1.82, 2.24) is 20.0 Å². The van der Waals surface area contributed by atoms with E-state index in [1.165, 1.54) is 10.3 Å². The van der Waals surface area contributed by atoms with Crippen LogP contribution in [0.25, 0.3) is 11.5 Å². The molecule has 3 rings (SSSR count). The lowest BCUT2D eigenvalue weighted by Gasteiger charge is -2.16. The summed E-state index contributed by atoms with van der Waals surface area (Å²) in [5.41, 5.74) is 0.586. The van der Waals surface area contributed by atoms with Crippen LogP contribution < -0.4 is 0 Å². The zero-order valence-corrected chi connectivity index (χ0v) is 13.8. The summed E-state index contributed by atoms with van der Waals surface area (Å²) in [6, 6.07) is 5.36. The molecule has 8 nitrogen and oxygen atoms in total. The fourth-order valence-electron chi connectivity index (χ4n) is 2.36. The van der Waals surface area contributed by atoms with Crippen LogP contribution in [0.5, 0.6) is 0 Å². The fraction of sp³-hybridized carbons (Fsp3) is 0.333. The van der Waals surface area contributed by atoms with Crippen molar-refractivity contribution >= 4 is 15.7 Å². The van der Waals surface area contributed by atoms with Gasteiger partial charge in [0.05, 0.1) is 12.3 Å². The highest BCUT2D eigenvalue weighted by molar-refractivity contribution is 7.94. The first-order valence-corrected chi connectivity index (χ1v) is 9.03. The van der Waals surface area contributed by atoms with E-state index < -0.39 is 9.84 Å². The molecule has 0 bridgehead atoms. The molecule has 126 valence electrons. The number of pyridine rings is 1. The summed E-state index contributed by atoms with van der Waals surface area (Å²) in [5, 5.41) is 5.01. The first-order chi connectivity index (χ1) is 11.4. The molecule has 0 saturated heterocycles. The van der Waals surface area contributed by atoms with E-state index in [0.29, 0.717) is 17.4 Å². The Morgan fingerprint density at radius 1 is 1.42 bits per heavy atom. The molecule has 1 atom stereocenters. The predicted molar refractivity (Wildman–Crippen MR) is 85.0 cm³/mol. The molecule has 0 radical (unpaired) electrons. The van der Waals surface area contributed by atoms with Gasteiger partial charge in [0.25, 0.3) is 0 Å². The van der Waals surface area contributed by atoms with Crippen LogP contribution >= 0.6 is 0 Å². The molecule has 1 aliphatic rings. The van der Waals surface area contributed by atoms with Gasteiger partial charge in [0.1, 0.15) is 5.69 Å². The standard InChI is InChI=1S/C15H16N4O4S/c1-19(14(20)8-11-5-7-24(21,22)10-11)9-13-17-15(18-23-13)12-4-2-3-6-16-12/h2-7,11H,8-10H2,1H3. The van der Waals surface area contributed by atoms with Gasteiger partial charge in [-0.3, -0.25) is 9.78 Å². The Labute approximate surface area is 139 Å². The second-order valence-electron chi connectivity index (χ2n) is 5.60. The normalized spacial score (nSPS) is 18.6. The molecule has 0 N–H and O–H groups in total. The van der Waals surface area contributed by atoms with Crippen LogP contribution in [-0.4, -0.2) is 47.2 Å². The van der Waals surface area contributed by atoms with E-state index in [2.05, 4.69) is 15.1 Å². The van der Waals surface area contributed by atoms with Crippen LogP contribution in [0.2, 0.25) is 0 Å². The van der Waals surface area contributed by atoms with Gasteiger partial charge in [0.15, 0.2) is 9.84 Å². The van der Waals surface area contributed by atoms with Gasteiger partial charge in [0.2, 0.25) is 17.6 Å². The summed E-state index contributed by atoms with van der Waals surface area (Å²) < 4.78 is 27.9. The molecule has 1 unspecified atom stereocenters. The van der Waals surface area contributed by atoms with Crippen LogP contribution in [-0.2, 0) is 21.2 Å². The SMILES string of the molecule is CN(Cc1nc(-c2ccccn2)no1)C(=O)CC1C=CS(=O)(=O)C1. The highest BCUT2D eigenvalue weighted by atomic mass is 32.2. The van der Waals surface area contributed by atoms with Crippen LogP contribution in [0.1, 0.15) is 12.3 Å². The topological polar surface area (TPSA) is 106 Å². The number of allylic oxidation sites excluding steroid dienone is 1. The van der Waals surface area contributed by atoms with Crippen LogP contribution in [0.3, 0.4) is 0 Å². The largest absolute Gasteiger partial charge is 0.337 e. The minimum absolute atomic E-state index is 0.0169. The molecular formula is C15H16N4O4S. The third kappa shape index (κ3) is 3.85. The number of nitrogens with zero attached hydrogens (tertiary/aromatic N) is 4. The van der Waals surface area contributed by atoms with E-state index in [1.807, 2.05) is 6.07 Å². The number of rotatable bonds is 5. The number of sulfone groups is 1. The maximum Gasteiger partial charge on any atom is 0.246 e. The Morgan fingerprint density at radius 2 is 2.25 bits per heavy atom. The summed E-state index contributed by atoms with van der Waals surface area (Å²) >= 11 is 0. The molecule has 0 aliphatic carbocycles. The minimum Gasteiger partial charge on any atom is -0.337 e. The van der Waals surface area contributed by atoms with E-state index in [0.717, 1.165) is 0 Å². The number of carbonyl (C=O) groups is 1. The smallest absolute Gasteiger partial charge is 0.246 e.